The highest BCUT2D eigenvalue weighted by Gasteiger charge is 2.29. The molecule has 0 bridgehead atoms. The van der Waals surface area contributed by atoms with E-state index < -0.39 is 5.60 Å². The molecule has 1 unspecified atom stereocenters. The molecule has 18 heavy (non-hydrogen) atoms. The van der Waals surface area contributed by atoms with Gasteiger partial charge in [0.15, 0.2) is 0 Å². The highest BCUT2D eigenvalue weighted by atomic mass is 16.6. The number of rotatable bonds is 2. The number of carbonyl (C=O) groups excluding carboxylic acids is 1. The predicted octanol–water partition coefficient (Wildman–Crippen LogP) is 2.63. The van der Waals surface area contributed by atoms with Crippen molar-refractivity contribution < 1.29 is 9.53 Å². The lowest BCUT2D eigenvalue weighted by atomic mass is 10.0. The number of nitrogens with one attached hydrogen (secondary N) is 1. The Morgan fingerprint density at radius 1 is 1.39 bits per heavy atom. The minimum absolute atomic E-state index is 0.170. The number of ether oxygens (including phenoxy) is 1. The molecule has 1 aliphatic rings. The molecule has 0 aromatic heterocycles. The second-order valence-corrected chi connectivity index (χ2v) is 6.50. The van der Waals surface area contributed by atoms with Crippen molar-refractivity contribution in [3.63, 3.8) is 0 Å². The summed E-state index contributed by atoms with van der Waals surface area (Å²) in [6.07, 6.45) is 1.88. The second kappa shape index (κ2) is 6.41. The third-order valence-electron chi connectivity index (χ3n) is 3.00. The van der Waals surface area contributed by atoms with Crippen molar-refractivity contribution >= 4 is 6.09 Å². The van der Waals surface area contributed by atoms with Crippen molar-refractivity contribution in [1.29, 1.82) is 0 Å². The average Bonchev–Trinajstić information content (AvgIpc) is 2.39. The van der Waals surface area contributed by atoms with E-state index in [1.807, 2.05) is 25.7 Å². The molecular formula is C14H28N2O2. The summed E-state index contributed by atoms with van der Waals surface area (Å²) in [6.45, 7) is 12.7. The van der Waals surface area contributed by atoms with Gasteiger partial charge in [0.2, 0.25) is 0 Å². The van der Waals surface area contributed by atoms with Gasteiger partial charge in [0.05, 0.1) is 0 Å². The fourth-order valence-corrected chi connectivity index (χ4v) is 2.28. The monoisotopic (exact) mass is 256 g/mol. The van der Waals surface area contributed by atoms with Gasteiger partial charge < -0.3 is 15.0 Å². The maximum Gasteiger partial charge on any atom is 0.410 e. The highest BCUT2D eigenvalue weighted by Crippen LogP contribution is 2.19. The first-order valence-corrected chi connectivity index (χ1v) is 7.00. The molecule has 0 aromatic rings. The molecule has 4 heteroatoms. The maximum absolute atomic E-state index is 12.2. The van der Waals surface area contributed by atoms with Gasteiger partial charge in [-0.25, -0.2) is 4.79 Å². The van der Waals surface area contributed by atoms with Crippen LogP contribution in [0, 0.1) is 5.92 Å². The Bertz CT molecular complexity index is 271. The van der Waals surface area contributed by atoms with Crippen molar-refractivity contribution in [2.24, 2.45) is 5.92 Å². The Morgan fingerprint density at radius 3 is 2.61 bits per heavy atom. The summed E-state index contributed by atoms with van der Waals surface area (Å²) in [4.78, 5) is 14.1. The quantitative estimate of drug-likeness (QED) is 0.826. The largest absolute Gasteiger partial charge is 0.444 e. The molecule has 1 rings (SSSR count). The second-order valence-electron chi connectivity index (χ2n) is 6.50. The molecule has 1 aliphatic heterocycles. The molecular weight excluding hydrogens is 228 g/mol. The molecule has 1 heterocycles. The van der Waals surface area contributed by atoms with Crippen molar-refractivity contribution in [3.8, 4) is 0 Å². The van der Waals surface area contributed by atoms with E-state index in [-0.39, 0.29) is 6.09 Å². The van der Waals surface area contributed by atoms with Crippen LogP contribution in [0.3, 0.4) is 0 Å². The Hall–Kier alpha value is -0.770. The molecule has 1 N–H and O–H groups in total. The summed E-state index contributed by atoms with van der Waals surface area (Å²) in [5.41, 5.74) is -0.417. The van der Waals surface area contributed by atoms with Crippen LogP contribution in [0.1, 0.15) is 47.5 Å². The lowest BCUT2D eigenvalue weighted by Crippen LogP contribution is -2.44. The summed E-state index contributed by atoms with van der Waals surface area (Å²) >= 11 is 0. The van der Waals surface area contributed by atoms with Gasteiger partial charge in [-0.3, -0.25) is 0 Å². The zero-order valence-electron chi connectivity index (χ0n) is 12.5. The van der Waals surface area contributed by atoms with Crippen LogP contribution in [-0.4, -0.2) is 42.3 Å². The first-order valence-electron chi connectivity index (χ1n) is 7.00. The van der Waals surface area contributed by atoms with Crippen molar-refractivity contribution in [2.45, 2.75) is 59.1 Å². The Balaban J connectivity index is 2.69. The van der Waals surface area contributed by atoms with Gasteiger partial charge in [0.25, 0.3) is 0 Å². The van der Waals surface area contributed by atoms with Gasteiger partial charge in [-0.05, 0) is 46.1 Å². The van der Waals surface area contributed by atoms with E-state index in [9.17, 15) is 4.79 Å². The van der Waals surface area contributed by atoms with E-state index in [0.29, 0.717) is 12.0 Å². The molecule has 0 spiro atoms. The lowest BCUT2D eigenvalue weighted by Gasteiger charge is -2.32. The summed E-state index contributed by atoms with van der Waals surface area (Å²) in [5.74, 6) is 0.595. The van der Waals surface area contributed by atoms with Crippen LogP contribution in [0.15, 0.2) is 0 Å². The van der Waals surface area contributed by atoms with E-state index >= 15 is 0 Å². The zero-order valence-corrected chi connectivity index (χ0v) is 12.5. The van der Waals surface area contributed by atoms with Crippen LogP contribution in [-0.2, 0) is 4.74 Å². The Labute approximate surface area is 111 Å². The van der Waals surface area contributed by atoms with Crippen LogP contribution >= 0.6 is 0 Å². The van der Waals surface area contributed by atoms with E-state index in [4.69, 9.17) is 4.74 Å². The molecule has 1 fully saturated rings. The molecule has 0 aliphatic carbocycles. The van der Waals surface area contributed by atoms with Crippen LogP contribution in [0.25, 0.3) is 0 Å². The molecule has 106 valence electrons. The summed E-state index contributed by atoms with van der Waals surface area (Å²) < 4.78 is 5.50. The molecule has 0 saturated carbocycles. The minimum Gasteiger partial charge on any atom is -0.444 e. The Morgan fingerprint density at radius 2 is 2.06 bits per heavy atom. The Kier molecular flexibility index (Phi) is 5.45. The first-order chi connectivity index (χ1) is 8.29. The van der Waals surface area contributed by atoms with Crippen LogP contribution in [0.2, 0.25) is 0 Å². The van der Waals surface area contributed by atoms with E-state index in [2.05, 4.69) is 19.2 Å². The van der Waals surface area contributed by atoms with Crippen LogP contribution in [0.4, 0.5) is 4.79 Å². The molecule has 0 radical (unpaired) electrons. The number of hydrogen-bond acceptors (Lipinski definition) is 3. The predicted molar refractivity (Wildman–Crippen MR) is 73.7 cm³/mol. The lowest BCUT2D eigenvalue weighted by molar-refractivity contribution is 0.0155. The van der Waals surface area contributed by atoms with Gasteiger partial charge in [0.1, 0.15) is 5.60 Å². The molecule has 4 nitrogen and oxygen atoms in total. The van der Waals surface area contributed by atoms with Crippen LogP contribution in [0.5, 0.6) is 0 Å². The van der Waals surface area contributed by atoms with Gasteiger partial charge in [0, 0.05) is 19.1 Å². The topological polar surface area (TPSA) is 41.6 Å². The number of amides is 1. The highest BCUT2D eigenvalue weighted by molar-refractivity contribution is 5.68. The third-order valence-corrected chi connectivity index (χ3v) is 3.00. The van der Waals surface area contributed by atoms with Crippen molar-refractivity contribution in [1.82, 2.24) is 10.2 Å². The SMILES string of the molecule is CC(C)CC1CCNCCN1C(=O)OC(C)(C)C. The maximum atomic E-state index is 12.2. The van der Waals surface area contributed by atoms with E-state index in [0.717, 1.165) is 32.5 Å². The molecule has 0 aromatic carbocycles. The van der Waals surface area contributed by atoms with E-state index in [1.54, 1.807) is 0 Å². The average molecular weight is 256 g/mol. The van der Waals surface area contributed by atoms with Gasteiger partial charge in [-0.1, -0.05) is 13.8 Å². The first kappa shape index (κ1) is 15.3. The zero-order chi connectivity index (χ0) is 13.8. The standard InChI is InChI=1S/C14H28N2O2/c1-11(2)10-12-6-7-15-8-9-16(12)13(17)18-14(3,4)5/h11-12,15H,6-10H2,1-5H3. The summed E-state index contributed by atoms with van der Waals surface area (Å²) in [6, 6.07) is 0.301. The number of carbonyl (C=O) groups is 1. The molecule has 1 amide bonds. The molecule has 1 atom stereocenters. The summed E-state index contributed by atoms with van der Waals surface area (Å²) in [7, 11) is 0. The van der Waals surface area contributed by atoms with Crippen LogP contribution < -0.4 is 5.32 Å². The number of nitrogens with zero attached hydrogens (tertiary/aromatic N) is 1. The van der Waals surface area contributed by atoms with Crippen molar-refractivity contribution in [3.05, 3.63) is 0 Å². The fourth-order valence-electron chi connectivity index (χ4n) is 2.28. The third kappa shape index (κ3) is 5.25. The number of hydrogen-bond donors (Lipinski definition) is 1. The summed E-state index contributed by atoms with van der Waals surface area (Å²) in [5, 5.41) is 3.35. The molecule has 1 saturated heterocycles. The van der Waals surface area contributed by atoms with Gasteiger partial charge in [-0.15, -0.1) is 0 Å². The van der Waals surface area contributed by atoms with Crippen molar-refractivity contribution in [2.75, 3.05) is 19.6 Å². The van der Waals surface area contributed by atoms with Gasteiger partial charge in [-0.2, -0.15) is 0 Å². The smallest absolute Gasteiger partial charge is 0.410 e. The normalized spacial score (nSPS) is 21.9. The van der Waals surface area contributed by atoms with E-state index in [1.165, 1.54) is 0 Å². The fraction of sp³-hybridized carbons (Fsp3) is 0.929. The van der Waals surface area contributed by atoms with Gasteiger partial charge >= 0.3 is 6.09 Å². The minimum atomic E-state index is -0.417.